The van der Waals surface area contributed by atoms with Crippen molar-refractivity contribution in [2.75, 3.05) is 0 Å². The summed E-state index contributed by atoms with van der Waals surface area (Å²) in [5.74, 6) is -0.133. The van der Waals surface area contributed by atoms with Crippen molar-refractivity contribution in [3.63, 3.8) is 0 Å². The molecule has 0 spiro atoms. The van der Waals surface area contributed by atoms with Crippen molar-refractivity contribution in [2.24, 2.45) is 0 Å². The Hall–Kier alpha value is -3.67. The van der Waals surface area contributed by atoms with Crippen LogP contribution in [0.2, 0.25) is 0 Å². The van der Waals surface area contributed by atoms with Gasteiger partial charge in [-0.2, -0.15) is 0 Å². The van der Waals surface area contributed by atoms with Gasteiger partial charge < -0.3 is 13.9 Å². The Morgan fingerprint density at radius 3 is 2.59 bits per heavy atom. The van der Waals surface area contributed by atoms with E-state index in [4.69, 9.17) is 13.9 Å². The average Bonchev–Trinajstić information content (AvgIpc) is 3.28. The first kappa shape index (κ1) is 16.8. The maximum Gasteiger partial charge on any atom is 0.343 e. The number of carbonyl (C=O) groups excluding carboxylic acids is 2. The van der Waals surface area contributed by atoms with E-state index in [1.54, 1.807) is 25.1 Å². The van der Waals surface area contributed by atoms with Gasteiger partial charge in [-0.1, -0.05) is 0 Å². The van der Waals surface area contributed by atoms with Gasteiger partial charge in [-0.05, 0) is 55.5 Å². The van der Waals surface area contributed by atoms with Gasteiger partial charge in [0.25, 0.3) is 0 Å². The lowest BCUT2D eigenvalue weighted by atomic mass is 10.1. The summed E-state index contributed by atoms with van der Waals surface area (Å²) in [5, 5.41) is 0. The topological polar surface area (TPSA) is 65.7 Å². The van der Waals surface area contributed by atoms with Gasteiger partial charge in [0.15, 0.2) is 5.76 Å². The number of fused-ring (bicyclic) bond motifs is 1. The van der Waals surface area contributed by atoms with E-state index in [-0.39, 0.29) is 22.9 Å². The van der Waals surface area contributed by atoms with Crippen molar-refractivity contribution in [1.29, 1.82) is 0 Å². The third kappa shape index (κ3) is 3.13. The molecule has 5 nitrogen and oxygen atoms in total. The number of hydrogen-bond donors (Lipinski definition) is 0. The van der Waals surface area contributed by atoms with Crippen molar-refractivity contribution in [2.45, 2.75) is 6.92 Å². The van der Waals surface area contributed by atoms with Gasteiger partial charge in [0.05, 0.1) is 17.4 Å². The maximum atomic E-state index is 13.0. The van der Waals surface area contributed by atoms with Crippen LogP contribution in [0.25, 0.3) is 6.08 Å². The summed E-state index contributed by atoms with van der Waals surface area (Å²) < 4.78 is 29.2. The van der Waals surface area contributed by atoms with Gasteiger partial charge in [-0.25, -0.2) is 9.18 Å². The summed E-state index contributed by atoms with van der Waals surface area (Å²) in [6.07, 6.45) is 3.00. The van der Waals surface area contributed by atoms with Crippen LogP contribution in [-0.2, 0) is 0 Å². The van der Waals surface area contributed by atoms with Gasteiger partial charge in [-0.3, -0.25) is 4.79 Å². The van der Waals surface area contributed by atoms with Crippen molar-refractivity contribution in [1.82, 2.24) is 0 Å². The highest BCUT2D eigenvalue weighted by Crippen LogP contribution is 2.39. The summed E-state index contributed by atoms with van der Waals surface area (Å²) in [6, 6.07) is 11.5. The molecule has 27 heavy (non-hydrogen) atoms. The van der Waals surface area contributed by atoms with Crippen LogP contribution in [0.3, 0.4) is 0 Å². The Kier molecular flexibility index (Phi) is 4.08. The molecule has 2 aromatic carbocycles. The minimum absolute atomic E-state index is 0.130. The highest BCUT2D eigenvalue weighted by molar-refractivity contribution is 6.14. The number of halogens is 1. The summed E-state index contributed by atoms with van der Waals surface area (Å²) in [4.78, 5) is 24.7. The van der Waals surface area contributed by atoms with E-state index in [9.17, 15) is 14.0 Å². The first-order chi connectivity index (χ1) is 13.0. The third-order valence-electron chi connectivity index (χ3n) is 4.14. The van der Waals surface area contributed by atoms with Gasteiger partial charge in [0, 0.05) is 11.6 Å². The minimum Gasteiger partial charge on any atom is -0.465 e. The molecule has 0 amide bonds. The van der Waals surface area contributed by atoms with Crippen LogP contribution in [0.1, 0.15) is 32.0 Å². The molecule has 1 aliphatic rings. The Morgan fingerprint density at radius 1 is 1.11 bits per heavy atom. The van der Waals surface area contributed by atoms with Crippen LogP contribution in [0.15, 0.2) is 65.0 Å². The molecule has 4 rings (SSSR count). The molecule has 0 atom stereocenters. The second-order valence-corrected chi connectivity index (χ2v) is 5.92. The standard InChI is InChI=1S/C21H13FO5/c1-12-17(27-21(24)13-4-6-14(22)7-5-13)9-8-16-19(23)18(26-20(12)16)11-15-3-2-10-25-15/h2-11H,1H3/b18-11-. The zero-order valence-electron chi connectivity index (χ0n) is 14.2. The molecule has 134 valence electrons. The second kappa shape index (κ2) is 6.57. The quantitative estimate of drug-likeness (QED) is 0.387. The maximum absolute atomic E-state index is 13.0. The van der Waals surface area contributed by atoms with E-state index in [1.807, 2.05) is 0 Å². The fraction of sp³-hybridized carbons (Fsp3) is 0.0476. The van der Waals surface area contributed by atoms with Crippen LogP contribution >= 0.6 is 0 Å². The number of hydrogen-bond acceptors (Lipinski definition) is 5. The largest absolute Gasteiger partial charge is 0.465 e. The molecule has 0 radical (unpaired) electrons. The zero-order valence-corrected chi connectivity index (χ0v) is 14.2. The van der Waals surface area contributed by atoms with Gasteiger partial charge in [0.2, 0.25) is 5.78 Å². The first-order valence-electron chi connectivity index (χ1n) is 8.12. The molecular formula is C21H13FO5. The highest BCUT2D eigenvalue weighted by atomic mass is 19.1. The number of Topliss-reactive ketones (excluding diaryl/α,β-unsaturated/α-hetero) is 1. The van der Waals surface area contributed by atoms with Crippen molar-refractivity contribution >= 4 is 17.8 Å². The molecule has 1 aromatic heterocycles. The predicted molar refractivity (Wildman–Crippen MR) is 94.2 cm³/mol. The summed E-state index contributed by atoms with van der Waals surface area (Å²) >= 11 is 0. The molecule has 0 saturated carbocycles. The predicted octanol–water partition coefficient (Wildman–Crippen LogP) is 4.56. The molecule has 0 N–H and O–H groups in total. The number of allylic oxidation sites excluding steroid dienone is 1. The molecule has 0 aliphatic carbocycles. The Morgan fingerprint density at radius 2 is 1.89 bits per heavy atom. The van der Waals surface area contributed by atoms with Crippen LogP contribution in [0, 0.1) is 12.7 Å². The number of ketones is 1. The normalized spacial score (nSPS) is 14.1. The smallest absolute Gasteiger partial charge is 0.343 e. The fourth-order valence-electron chi connectivity index (χ4n) is 2.73. The molecule has 0 saturated heterocycles. The Bertz CT molecular complexity index is 1060. The van der Waals surface area contributed by atoms with Crippen LogP contribution in [0.5, 0.6) is 11.5 Å². The van der Waals surface area contributed by atoms with E-state index in [0.29, 0.717) is 22.6 Å². The lowest BCUT2D eigenvalue weighted by molar-refractivity contribution is 0.0733. The Labute approximate surface area is 153 Å². The number of rotatable bonds is 3. The average molecular weight is 364 g/mol. The van der Waals surface area contributed by atoms with E-state index < -0.39 is 11.8 Å². The number of esters is 1. The third-order valence-corrected chi connectivity index (χ3v) is 4.14. The highest BCUT2D eigenvalue weighted by Gasteiger charge is 2.30. The molecule has 6 heteroatoms. The molecule has 2 heterocycles. The lowest BCUT2D eigenvalue weighted by Crippen LogP contribution is -2.09. The molecule has 0 bridgehead atoms. The second-order valence-electron chi connectivity index (χ2n) is 5.92. The van der Waals surface area contributed by atoms with E-state index in [2.05, 4.69) is 0 Å². The van der Waals surface area contributed by atoms with Crippen molar-refractivity contribution in [3.8, 4) is 11.5 Å². The fourth-order valence-corrected chi connectivity index (χ4v) is 2.73. The van der Waals surface area contributed by atoms with Crippen molar-refractivity contribution in [3.05, 3.63) is 88.8 Å². The number of ether oxygens (including phenoxy) is 2. The SMILES string of the molecule is Cc1c(OC(=O)c2ccc(F)cc2)ccc2c1O/C(=C\c1ccco1)C2=O. The molecular weight excluding hydrogens is 351 g/mol. The Balaban J connectivity index is 1.61. The lowest BCUT2D eigenvalue weighted by Gasteiger charge is -2.10. The molecule has 1 aliphatic heterocycles. The van der Waals surface area contributed by atoms with Crippen molar-refractivity contribution < 1.29 is 27.9 Å². The zero-order chi connectivity index (χ0) is 19.0. The van der Waals surface area contributed by atoms with E-state index in [0.717, 1.165) is 0 Å². The number of furan rings is 1. The summed E-state index contributed by atoms with van der Waals surface area (Å²) in [6.45, 7) is 1.69. The molecule has 0 unspecified atom stereocenters. The monoisotopic (exact) mass is 364 g/mol. The van der Waals surface area contributed by atoms with Gasteiger partial charge in [-0.15, -0.1) is 0 Å². The summed E-state index contributed by atoms with van der Waals surface area (Å²) in [7, 11) is 0. The number of carbonyl (C=O) groups is 2. The van der Waals surface area contributed by atoms with E-state index in [1.165, 1.54) is 42.7 Å². The molecule has 0 fully saturated rings. The van der Waals surface area contributed by atoms with Gasteiger partial charge >= 0.3 is 5.97 Å². The van der Waals surface area contributed by atoms with E-state index >= 15 is 0 Å². The molecule has 3 aromatic rings. The van der Waals surface area contributed by atoms with Crippen LogP contribution in [0.4, 0.5) is 4.39 Å². The van der Waals surface area contributed by atoms with Crippen LogP contribution < -0.4 is 9.47 Å². The van der Waals surface area contributed by atoms with Gasteiger partial charge in [0.1, 0.15) is 23.1 Å². The van der Waals surface area contributed by atoms with Crippen LogP contribution in [-0.4, -0.2) is 11.8 Å². The number of benzene rings is 2. The first-order valence-corrected chi connectivity index (χ1v) is 8.12. The minimum atomic E-state index is -0.631. The summed E-state index contributed by atoms with van der Waals surface area (Å²) in [5.41, 5.74) is 1.11.